The van der Waals surface area contributed by atoms with Gasteiger partial charge in [0.15, 0.2) is 5.82 Å². The molecule has 22 heavy (non-hydrogen) atoms. The summed E-state index contributed by atoms with van der Waals surface area (Å²) in [6, 6.07) is 3.32. The van der Waals surface area contributed by atoms with Gasteiger partial charge in [0.1, 0.15) is 5.82 Å². The number of methoxy groups -OCH3 is 1. The summed E-state index contributed by atoms with van der Waals surface area (Å²) in [6.45, 7) is 1.26. The van der Waals surface area contributed by atoms with Crippen molar-refractivity contribution >= 4 is 17.5 Å². The molecule has 0 bridgehead atoms. The quantitative estimate of drug-likeness (QED) is 0.867. The van der Waals surface area contributed by atoms with E-state index in [-0.39, 0.29) is 23.9 Å². The number of hydrogen-bond donors (Lipinski definition) is 2. The maximum atomic E-state index is 13.7. The van der Waals surface area contributed by atoms with Crippen molar-refractivity contribution in [2.45, 2.75) is 12.1 Å². The number of pyridine rings is 1. The molecule has 1 fully saturated rings. The Labute approximate surface area is 127 Å². The molecule has 1 aliphatic heterocycles. The Morgan fingerprint density at radius 2 is 2.23 bits per heavy atom. The summed E-state index contributed by atoms with van der Waals surface area (Å²) in [5.41, 5.74) is 6.03. The van der Waals surface area contributed by atoms with Gasteiger partial charge < -0.3 is 20.7 Å². The number of ether oxygens (including phenoxy) is 1. The molecule has 0 saturated carbocycles. The van der Waals surface area contributed by atoms with E-state index in [1.54, 1.807) is 31.6 Å². The molecule has 3 rings (SSSR count). The van der Waals surface area contributed by atoms with Gasteiger partial charge in [-0.2, -0.15) is 4.98 Å². The Kier molecular flexibility index (Phi) is 4.01. The molecule has 3 heterocycles. The summed E-state index contributed by atoms with van der Waals surface area (Å²) in [4.78, 5) is 13.9. The highest BCUT2D eigenvalue weighted by atomic mass is 19.1. The molecule has 1 saturated heterocycles. The van der Waals surface area contributed by atoms with Gasteiger partial charge in [-0.3, -0.25) is 4.98 Å². The average Bonchev–Trinajstić information content (AvgIpc) is 2.93. The van der Waals surface area contributed by atoms with Gasteiger partial charge in [0, 0.05) is 32.6 Å². The van der Waals surface area contributed by atoms with Gasteiger partial charge >= 0.3 is 0 Å². The molecule has 3 N–H and O–H groups in total. The summed E-state index contributed by atoms with van der Waals surface area (Å²) in [7, 11) is 1.64. The zero-order chi connectivity index (χ0) is 15.5. The summed E-state index contributed by atoms with van der Waals surface area (Å²) in [5.74, 6) is 0.569. The molecule has 0 radical (unpaired) electrons. The van der Waals surface area contributed by atoms with Crippen molar-refractivity contribution in [3.8, 4) is 0 Å². The van der Waals surface area contributed by atoms with Crippen LogP contribution in [0.3, 0.4) is 0 Å². The smallest absolute Gasteiger partial charge is 0.221 e. The molecule has 2 atom stereocenters. The molecule has 0 aromatic carbocycles. The molecule has 0 spiro atoms. The number of nitrogens with one attached hydrogen (secondary N) is 1. The van der Waals surface area contributed by atoms with E-state index in [1.165, 1.54) is 6.20 Å². The van der Waals surface area contributed by atoms with Gasteiger partial charge in [0.2, 0.25) is 5.95 Å². The summed E-state index contributed by atoms with van der Waals surface area (Å²) < 4.78 is 19.2. The fourth-order valence-electron chi connectivity index (χ4n) is 2.57. The second-order valence-electron chi connectivity index (χ2n) is 5.06. The van der Waals surface area contributed by atoms with E-state index < -0.39 is 0 Å². The number of aromatic nitrogens is 3. The third-order valence-electron chi connectivity index (χ3n) is 3.67. The first kappa shape index (κ1) is 14.5. The minimum absolute atomic E-state index is 0.0712. The largest absolute Gasteiger partial charge is 0.377 e. The van der Waals surface area contributed by atoms with Crippen LogP contribution in [0.2, 0.25) is 0 Å². The third-order valence-corrected chi connectivity index (χ3v) is 3.67. The number of nitrogens with two attached hydrogens (primary N) is 1. The molecule has 0 amide bonds. The topological polar surface area (TPSA) is 89.2 Å². The van der Waals surface area contributed by atoms with E-state index in [2.05, 4.69) is 20.3 Å². The van der Waals surface area contributed by atoms with Crippen molar-refractivity contribution in [2.24, 2.45) is 0 Å². The number of nitrogens with zero attached hydrogens (tertiary/aromatic N) is 4. The molecule has 8 heteroatoms. The number of anilines is 3. The van der Waals surface area contributed by atoms with E-state index in [1.807, 2.05) is 4.90 Å². The molecule has 0 aliphatic carbocycles. The minimum Gasteiger partial charge on any atom is -0.377 e. The number of rotatable bonds is 4. The van der Waals surface area contributed by atoms with Crippen LogP contribution in [-0.2, 0) is 4.74 Å². The Morgan fingerprint density at radius 1 is 1.36 bits per heavy atom. The fraction of sp³-hybridized carbons (Fsp3) is 0.357. The maximum absolute atomic E-state index is 13.7. The Hall–Kier alpha value is -2.48. The standard InChI is InChI=1S/C14H17FN6O/c1-22-12-8-21(13-3-5-18-14(16)20-13)7-11(12)19-10-2-4-17-6-9(10)15/h2-6,11-12H,7-8H2,1H3,(H,17,19)(H2,16,18,20)/t11-,12+/m0/s1. The Morgan fingerprint density at radius 3 is 2.95 bits per heavy atom. The van der Waals surface area contributed by atoms with Gasteiger partial charge in [-0.1, -0.05) is 0 Å². The third kappa shape index (κ3) is 2.91. The first-order valence-corrected chi connectivity index (χ1v) is 6.89. The van der Waals surface area contributed by atoms with E-state index in [9.17, 15) is 4.39 Å². The van der Waals surface area contributed by atoms with Gasteiger partial charge in [0.05, 0.1) is 24.0 Å². The molecule has 2 aromatic rings. The minimum atomic E-state index is -0.387. The Bertz CT molecular complexity index is 655. The van der Waals surface area contributed by atoms with E-state index in [4.69, 9.17) is 10.5 Å². The van der Waals surface area contributed by atoms with Crippen LogP contribution in [-0.4, -0.2) is 47.3 Å². The first-order valence-electron chi connectivity index (χ1n) is 6.89. The lowest BCUT2D eigenvalue weighted by molar-refractivity contribution is 0.113. The van der Waals surface area contributed by atoms with Crippen LogP contribution in [0, 0.1) is 5.82 Å². The summed E-state index contributed by atoms with van der Waals surface area (Å²) in [5, 5.41) is 3.17. The number of hydrogen-bond acceptors (Lipinski definition) is 7. The van der Waals surface area contributed by atoms with Gasteiger partial charge in [-0.25, -0.2) is 9.37 Å². The van der Waals surface area contributed by atoms with Crippen LogP contribution < -0.4 is 16.0 Å². The van der Waals surface area contributed by atoms with Crippen molar-refractivity contribution in [1.29, 1.82) is 0 Å². The van der Waals surface area contributed by atoms with Crippen LogP contribution in [0.1, 0.15) is 0 Å². The number of nitrogen functional groups attached to an aromatic ring is 1. The Balaban J connectivity index is 1.76. The molecular weight excluding hydrogens is 287 g/mol. The maximum Gasteiger partial charge on any atom is 0.221 e. The highest BCUT2D eigenvalue weighted by Crippen LogP contribution is 2.23. The fourth-order valence-corrected chi connectivity index (χ4v) is 2.57. The molecule has 1 aliphatic rings. The zero-order valence-electron chi connectivity index (χ0n) is 12.1. The van der Waals surface area contributed by atoms with Crippen LogP contribution >= 0.6 is 0 Å². The van der Waals surface area contributed by atoms with Crippen molar-refractivity contribution in [1.82, 2.24) is 15.0 Å². The van der Waals surface area contributed by atoms with Gasteiger partial charge in [0.25, 0.3) is 0 Å². The monoisotopic (exact) mass is 304 g/mol. The van der Waals surface area contributed by atoms with Crippen LogP contribution in [0.4, 0.5) is 21.8 Å². The van der Waals surface area contributed by atoms with Gasteiger partial charge in [-0.05, 0) is 12.1 Å². The van der Waals surface area contributed by atoms with Gasteiger partial charge in [-0.15, -0.1) is 0 Å². The lowest BCUT2D eigenvalue weighted by atomic mass is 10.2. The predicted octanol–water partition coefficient (Wildman–Crippen LogP) is 0.909. The second kappa shape index (κ2) is 6.10. The highest BCUT2D eigenvalue weighted by molar-refractivity contribution is 5.48. The first-order chi connectivity index (χ1) is 10.7. The molecular formula is C14H17FN6O. The highest BCUT2D eigenvalue weighted by Gasteiger charge is 2.34. The SMILES string of the molecule is CO[C@@H]1CN(c2ccnc(N)n2)C[C@@H]1Nc1ccncc1F. The van der Waals surface area contributed by atoms with E-state index in [0.29, 0.717) is 18.8 Å². The average molecular weight is 304 g/mol. The predicted molar refractivity (Wildman–Crippen MR) is 81.1 cm³/mol. The summed E-state index contributed by atoms with van der Waals surface area (Å²) in [6.07, 6.45) is 4.25. The lowest BCUT2D eigenvalue weighted by Crippen LogP contribution is -2.33. The molecule has 2 aromatic heterocycles. The molecule has 0 unspecified atom stereocenters. The van der Waals surface area contributed by atoms with Crippen molar-refractivity contribution < 1.29 is 9.13 Å². The van der Waals surface area contributed by atoms with Crippen LogP contribution in [0.15, 0.2) is 30.7 Å². The number of halogens is 1. The second-order valence-corrected chi connectivity index (χ2v) is 5.06. The normalized spacial score (nSPS) is 21.1. The molecule has 7 nitrogen and oxygen atoms in total. The van der Waals surface area contributed by atoms with E-state index in [0.717, 1.165) is 5.82 Å². The lowest BCUT2D eigenvalue weighted by Gasteiger charge is -2.19. The summed E-state index contributed by atoms with van der Waals surface area (Å²) >= 11 is 0. The zero-order valence-corrected chi connectivity index (χ0v) is 12.1. The van der Waals surface area contributed by atoms with Crippen molar-refractivity contribution in [2.75, 3.05) is 36.1 Å². The van der Waals surface area contributed by atoms with Crippen molar-refractivity contribution in [3.63, 3.8) is 0 Å². The van der Waals surface area contributed by atoms with Crippen LogP contribution in [0.5, 0.6) is 0 Å². The van der Waals surface area contributed by atoms with Crippen LogP contribution in [0.25, 0.3) is 0 Å². The van der Waals surface area contributed by atoms with Crippen molar-refractivity contribution in [3.05, 3.63) is 36.5 Å². The van der Waals surface area contributed by atoms with E-state index >= 15 is 0 Å². The molecule has 116 valence electrons.